The summed E-state index contributed by atoms with van der Waals surface area (Å²) in [5.41, 5.74) is -0.890. The van der Waals surface area contributed by atoms with Crippen LogP contribution in [0.1, 0.15) is 52.4 Å². The number of hydrogen-bond acceptors (Lipinski definition) is 3. The zero-order valence-electron chi connectivity index (χ0n) is 16.5. The molecule has 0 aromatic carbocycles. The number of aliphatic carboxylic acids is 1. The van der Waals surface area contributed by atoms with Crippen LogP contribution in [0.2, 0.25) is 0 Å². The van der Waals surface area contributed by atoms with Gasteiger partial charge in [0.2, 0.25) is 0 Å². The van der Waals surface area contributed by atoms with E-state index in [1.165, 1.54) is 0 Å². The Morgan fingerprint density at radius 3 is 2.41 bits per heavy atom. The lowest BCUT2D eigenvalue weighted by atomic mass is 10.0. The minimum atomic E-state index is -0.890. The average molecular weight is 375 g/mol. The summed E-state index contributed by atoms with van der Waals surface area (Å²) in [4.78, 5) is 10.4. The van der Waals surface area contributed by atoms with E-state index < -0.39 is 17.7 Å². The van der Waals surface area contributed by atoms with Gasteiger partial charge in [-0.1, -0.05) is 79.8 Å². The summed E-state index contributed by atoms with van der Waals surface area (Å²) in [6, 6.07) is 0. The van der Waals surface area contributed by atoms with Crippen molar-refractivity contribution in [3.05, 3.63) is 72.9 Å². The smallest absolute Gasteiger partial charge is 0.303 e. The molecule has 1 unspecified atom stereocenters. The topological polar surface area (TPSA) is 77.8 Å². The molecule has 0 bridgehead atoms. The molecule has 0 aromatic rings. The molecule has 3 N–H and O–H groups in total. The van der Waals surface area contributed by atoms with Crippen LogP contribution in [0.4, 0.5) is 0 Å². The van der Waals surface area contributed by atoms with Crippen molar-refractivity contribution in [3.8, 4) is 0 Å². The predicted molar refractivity (Wildman–Crippen MR) is 112 cm³/mol. The SMILES string of the molecule is CC/C=C\C/C=C\CC(C)(O)\C=C/C=C/C=C/[C@@H](O)C/C=C\CCC(=O)O. The summed E-state index contributed by atoms with van der Waals surface area (Å²) in [7, 11) is 0. The third-order valence-electron chi connectivity index (χ3n) is 3.56. The Morgan fingerprint density at radius 1 is 1.00 bits per heavy atom. The van der Waals surface area contributed by atoms with Crippen molar-refractivity contribution in [2.75, 3.05) is 0 Å². The maximum absolute atomic E-state index is 10.4. The van der Waals surface area contributed by atoms with E-state index in [1.807, 2.05) is 12.2 Å². The van der Waals surface area contributed by atoms with E-state index in [9.17, 15) is 15.0 Å². The third kappa shape index (κ3) is 18.4. The fourth-order valence-electron chi connectivity index (χ4n) is 2.05. The van der Waals surface area contributed by atoms with E-state index in [0.717, 1.165) is 12.8 Å². The van der Waals surface area contributed by atoms with E-state index in [4.69, 9.17) is 5.11 Å². The molecule has 4 heteroatoms. The first kappa shape index (κ1) is 24.8. The zero-order valence-corrected chi connectivity index (χ0v) is 16.5. The van der Waals surface area contributed by atoms with Crippen LogP contribution >= 0.6 is 0 Å². The predicted octanol–water partition coefficient (Wildman–Crippen LogP) is 4.88. The van der Waals surface area contributed by atoms with Crippen LogP contribution in [0.25, 0.3) is 0 Å². The Labute approximate surface area is 163 Å². The Morgan fingerprint density at radius 2 is 1.70 bits per heavy atom. The van der Waals surface area contributed by atoms with E-state index in [-0.39, 0.29) is 6.42 Å². The molecule has 0 rings (SSSR count). The van der Waals surface area contributed by atoms with Gasteiger partial charge in [-0.15, -0.1) is 0 Å². The van der Waals surface area contributed by atoms with Crippen molar-refractivity contribution in [1.29, 1.82) is 0 Å². The summed E-state index contributed by atoms with van der Waals surface area (Å²) in [6.45, 7) is 3.86. The molecule has 0 fully saturated rings. The Bertz CT molecular complexity index is 563. The standard InChI is InChI=1S/C23H34O4/c1-3-4-5-6-8-14-19-23(2,27)20-15-9-7-11-16-21(24)17-12-10-13-18-22(25)26/h4-5,7-12,14-16,20-21,24,27H,3,6,13,17-19H2,1-2H3,(H,25,26)/b5-4-,9-7+,12-10-,14-8-,16-11+,20-15-/t21-,23?/m1/s1. The highest BCUT2D eigenvalue weighted by atomic mass is 16.4. The van der Waals surface area contributed by atoms with Crippen molar-refractivity contribution >= 4 is 5.97 Å². The monoisotopic (exact) mass is 374 g/mol. The van der Waals surface area contributed by atoms with Crippen molar-refractivity contribution < 1.29 is 20.1 Å². The minimum absolute atomic E-state index is 0.104. The highest BCUT2D eigenvalue weighted by Crippen LogP contribution is 2.12. The molecule has 0 spiro atoms. The molecule has 0 amide bonds. The van der Waals surface area contributed by atoms with Gasteiger partial charge in [0.25, 0.3) is 0 Å². The van der Waals surface area contributed by atoms with Crippen LogP contribution in [0.3, 0.4) is 0 Å². The quantitative estimate of drug-likeness (QED) is 0.299. The lowest BCUT2D eigenvalue weighted by Crippen LogP contribution is -2.18. The maximum atomic E-state index is 10.4. The molecule has 0 saturated heterocycles. The normalized spacial score (nSPS) is 16.6. The lowest BCUT2D eigenvalue weighted by Gasteiger charge is -2.15. The number of aliphatic hydroxyl groups excluding tert-OH is 1. The summed E-state index contributed by atoms with van der Waals surface area (Å²) in [6.07, 6.45) is 25.2. The number of rotatable bonds is 14. The van der Waals surface area contributed by atoms with Gasteiger partial charge >= 0.3 is 5.97 Å². The fourth-order valence-corrected chi connectivity index (χ4v) is 2.05. The molecule has 0 saturated carbocycles. The van der Waals surface area contributed by atoms with Crippen LogP contribution in [0.5, 0.6) is 0 Å². The Balaban J connectivity index is 4.11. The molecule has 4 nitrogen and oxygen atoms in total. The second-order valence-corrected chi connectivity index (χ2v) is 6.48. The first-order valence-corrected chi connectivity index (χ1v) is 9.47. The molecule has 0 aliphatic carbocycles. The van der Waals surface area contributed by atoms with Gasteiger partial charge < -0.3 is 15.3 Å². The molecule has 150 valence electrons. The second kappa shape index (κ2) is 16.0. The highest BCUT2D eigenvalue weighted by Gasteiger charge is 2.12. The van der Waals surface area contributed by atoms with Gasteiger partial charge in [0.15, 0.2) is 0 Å². The third-order valence-corrected chi connectivity index (χ3v) is 3.56. The molecule has 0 aliphatic rings. The fraction of sp³-hybridized carbons (Fsp3) is 0.435. The molecule has 2 atom stereocenters. The average Bonchev–Trinajstić information content (AvgIpc) is 2.60. The first-order chi connectivity index (χ1) is 12.9. The van der Waals surface area contributed by atoms with Crippen LogP contribution in [-0.4, -0.2) is 33.0 Å². The number of carbonyl (C=O) groups is 1. The highest BCUT2D eigenvalue weighted by molar-refractivity contribution is 5.66. The van der Waals surface area contributed by atoms with E-state index >= 15 is 0 Å². The maximum Gasteiger partial charge on any atom is 0.303 e. The zero-order chi connectivity index (χ0) is 20.4. The number of aliphatic hydroxyl groups is 2. The number of carboxylic acids is 1. The first-order valence-electron chi connectivity index (χ1n) is 9.47. The van der Waals surface area contributed by atoms with E-state index in [0.29, 0.717) is 19.3 Å². The molecule has 0 radical (unpaired) electrons. The Hall–Kier alpha value is -2.17. The molecular formula is C23H34O4. The minimum Gasteiger partial charge on any atom is -0.481 e. The second-order valence-electron chi connectivity index (χ2n) is 6.48. The molecule has 0 heterocycles. The van der Waals surface area contributed by atoms with Crippen LogP contribution in [0.15, 0.2) is 72.9 Å². The van der Waals surface area contributed by atoms with Crippen LogP contribution in [0, 0.1) is 0 Å². The molecule has 0 aromatic heterocycles. The van der Waals surface area contributed by atoms with Crippen molar-refractivity contribution in [2.45, 2.75) is 64.1 Å². The summed E-state index contributed by atoms with van der Waals surface area (Å²) < 4.78 is 0. The van der Waals surface area contributed by atoms with Gasteiger partial charge in [0.1, 0.15) is 0 Å². The van der Waals surface area contributed by atoms with Gasteiger partial charge in [0, 0.05) is 6.42 Å². The molecular weight excluding hydrogens is 340 g/mol. The number of allylic oxidation sites excluding steroid dienone is 8. The van der Waals surface area contributed by atoms with Crippen molar-refractivity contribution in [1.82, 2.24) is 0 Å². The largest absolute Gasteiger partial charge is 0.481 e. The number of carboxylic acid groups (broad SMARTS) is 1. The van der Waals surface area contributed by atoms with Crippen LogP contribution in [-0.2, 0) is 4.79 Å². The van der Waals surface area contributed by atoms with Crippen molar-refractivity contribution in [3.63, 3.8) is 0 Å². The molecule has 0 aliphatic heterocycles. The Kier molecular flexibility index (Phi) is 14.7. The number of hydrogen-bond donors (Lipinski definition) is 3. The van der Waals surface area contributed by atoms with Gasteiger partial charge in [-0.05, 0) is 39.0 Å². The van der Waals surface area contributed by atoms with Crippen molar-refractivity contribution in [2.24, 2.45) is 0 Å². The van der Waals surface area contributed by atoms with E-state index in [2.05, 4.69) is 19.1 Å². The lowest BCUT2D eigenvalue weighted by molar-refractivity contribution is -0.136. The summed E-state index contributed by atoms with van der Waals surface area (Å²) >= 11 is 0. The van der Waals surface area contributed by atoms with Crippen LogP contribution < -0.4 is 0 Å². The van der Waals surface area contributed by atoms with Gasteiger partial charge in [0.05, 0.1) is 11.7 Å². The molecule has 27 heavy (non-hydrogen) atoms. The van der Waals surface area contributed by atoms with Gasteiger partial charge in [-0.3, -0.25) is 4.79 Å². The summed E-state index contributed by atoms with van der Waals surface area (Å²) in [5, 5.41) is 28.5. The summed E-state index contributed by atoms with van der Waals surface area (Å²) in [5.74, 6) is -0.822. The van der Waals surface area contributed by atoms with Gasteiger partial charge in [-0.2, -0.15) is 0 Å². The van der Waals surface area contributed by atoms with Gasteiger partial charge in [-0.25, -0.2) is 0 Å². The van der Waals surface area contributed by atoms with E-state index in [1.54, 1.807) is 55.5 Å².